The lowest BCUT2D eigenvalue weighted by atomic mass is 10.1. The number of sulfonamides is 1. The number of nitrogens with zero attached hydrogens (tertiary/aromatic N) is 1. The number of hydrogen-bond donors (Lipinski definition) is 2. The Morgan fingerprint density at radius 1 is 0.971 bits per heavy atom. The second-order valence-electron chi connectivity index (χ2n) is 8.05. The van der Waals surface area contributed by atoms with Gasteiger partial charge in [0.15, 0.2) is 0 Å². The standard InChI is InChI=1S/C26H31N3O5S/c1-5-34-22-13-15-24(16-14-22)35(31,32)28-21-11-9-19(10-12-21)26(30)27-18-25(29(2)3)20-7-6-8-23(17-20)33-4/h6-17,25,28H,5,18H2,1-4H3,(H,27,30). The van der Waals surface area contributed by atoms with E-state index in [0.717, 1.165) is 11.3 Å². The van der Waals surface area contributed by atoms with Gasteiger partial charge < -0.3 is 19.7 Å². The van der Waals surface area contributed by atoms with Gasteiger partial charge in [0.2, 0.25) is 0 Å². The molecule has 0 fully saturated rings. The van der Waals surface area contributed by atoms with Gasteiger partial charge in [-0.2, -0.15) is 0 Å². The minimum Gasteiger partial charge on any atom is -0.497 e. The second kappa shape index (κ2) is 11.7. The Morgan fingerprint density at radius 3 is 2.26 bits per heavy atom. The fourth-order valence-electron chi connectivity index (χ4n) is 3.52. The van der Waals surface area contributed by atoms with Crippen molar-refractivity contribution in [2.24, 2.45) is 0 Å². The van der Waals surface area contributed by atoms with E-state index in [2.05, 4.69) is 10.0 Å². The van der Waals surface area contributed by atoms with Crippen LogP contribution in [0.1, 0.15) is 28.9 Å². The summed E-state index contributed by atoms with van der Waals surface area (Å²) in [5, 5.41) is 2.95. The Kier molecular flexibility index (Phi) is 8.73. The SMILES string of the molecule is CCOc1ccc(S(=O)(=O)Nc2ccc(C(=O)NCC(c3cccc(OC)c3)N(C)C)cc2)cc1. The van der Waals surface area contributed by atoms with Crippen LogP contribution in [-0.2, 0) is 10.0 Å². The molecule has 0 heterocycles. The summed E-state index contributed by atoms with van der Waals surface area (Å²) < 4.78 is 38.5. The van der Waals surface area contributed by atoms with Crippen molar-refractivity contribution in [2.45, 2.75) is 17.9 Å². The molecule has 0 aliphatic heterocycles. The summed E-state index contributed by atoms with van der Waals surface area (Å²) in [6.07, 6.45) is 0. The highest BCUT2D eigenvalue weighted by Gasteiger charge is 2.18. The van der Waals surface area contributed by atoms with Gasteiger partial charge in [0.05, 0.1) is 24.7 Å². The first-order chi connectivity index (χ1) is 16.7. The van der Waals surface area contributed by atoms with Gasteiger partial charge in [0, 0.05) is 17.8 Å². The van der Waals surface area contributed by atoms with Gasteiger partial charge in [0.1, 0.15) is 11.5 Å². The van der Waals surface area contributed by atoms with Gasteiger partial charge in [0.25, 0.3) is 15.9 Å². The zero-order valence-corrected chi connectivity index (χ0v) is 21.1. The molecule has 8 nitrogen and oxygen atoms in total. The largest absolute Gasteiger partial charge is 0.497 e. The predicted octanol–water partition coefficient (Wildman–Crippen LogP) is 3.93. The molecular weight excluding hydrogens is 466 g/mol. The first kappa shape index (κ1) is 26.1. The molecule has 0 aliphatic rings. The number of nitrogens with one attached hydrogen (secondary N) is 2. The number of benzene rings is 3. The third-order valence-electron chi connectivity index (χ3n) is 5.40. The lowest BCUT2D eigenvalue weighted by Gasteiger charge is -2.25. The van der Waals surface area contributed by atoms with Crippen LogP contribution >= 0.6 is 0 Å². The number of anilines is 1. The number of carbonyl (C=O) groups is 1. The Bertz CT molecular complexity index is 1230. The van der Waals surface area contributed by atoms with Crippen molar-refractivity contribution in [1.82, 2.24) is 10.2 Å². The van der Waals surface area contributed by atoms with E-state index in [-0.39, 0.29) is 16.8 Å². The average Bonchev–Trinajstić information content (AvgIpc) is 2.85. The van der Waals surface area contributed by atoms with Crippen LogP contribution in [0.5, 0.6) is 11.5 Å². The Balaban J connectivity index is 1.63. The topological polar surface area (TPSA) is 97.0 Å². The summed E-state index contributed by atoms with van der Waals surface area (Å²) in [7, 11) is 1.74. The van der Waals surface area contributed by atoms with Crippen LogP contribution in [0.25, 0.3) is 0 Å². The fraction of sp³-hybridized carbons (Fsp3) is 0.269. The van der Waals surface area contributed by atoms with Gasteiger partial charge in [-0.3, -0.25) is 9.52 Å². The van der Waals surface area contributed by atoms with Crippen LogP contribution in [0.3, 0.4) is 0 Å². The number of methoxy groups -OCH3 is 1. The van der Waals surface area contributed by atoms with Crippen LogP contribution < -0.4 is 19.5 Å². The van der Waals surface area contributed by atoms with E-state index in [1.807, 2.05) is 50.2 Å². The zero-order valence-electron chi connectivity index (χ0n) is 20.3. The molecule has 1 atom stereocenters. The van der Waals surface area contributed by atoms with E-state index >= 15 is 0 Å². The zero-order chi connectivity index (χ0) is 25.4. The molecule has 186 valence electrons. The minimum absolute atomic E-state index is 0.0470. The van der Waals surface area contributed by atoms with Gasteiger partial charge in [-0.05, 0) is 87.2 Å². The molecule has 35 heavy (non-hydrogen) atoms. The molecule has 0 radical (unpaired) electrons. The molecule has 0 saturated carbocycles. The number of carbonyl (C=O) groups excluding carboxylic acids is 1. The Morgan fingerprint density at radius 2 is 1.66 bits per heavy atom. The lowest BCUT2D eigenvalue weighted by molar-refractivity contribution is 0.0942. The Labute approximate surface area is 206 Å². The highest BCUT2D eigenvalue weighted by molar-refractivity contribution is 7.92. The molecular formula is C26H31N3O5S. The summed E-state index contributed by atoms with van der Waals surface area (Å²) in [5.41, 5.74) is 1.81. The summed E-state index contributed by atoms with van der Waals surface area (Å²) in [5.74, 6) is 1.11. The Hall–Kier alpha value is -3.56. The average molecular weight is 498 g/mol. The number of likely N-dealkylation sites (N-methyl/N-ethyl adjacent to an activating group) is 1. The third kappa shape index (κ3) is 6.97. The lowest BCUT2D eigenvalue weighted by Crippen LogP contribution is -2.34. The molecule has 1 amide bonds. The maximum Gasteiger partial charge on any atom is 0.261 e. The first-order valence-electron chi connectivity index (χ1n) is 11.2. The van der Waals surface area contributed by atoms with Crippen molar-refractivity contribution in [1.29, 1.82) is 0 Å². The molecule has 1 unspecified atom stereocenters. The number of hydrogen-bond acceptors (Lipinski definition) is 6. The van der Waals surface area contributed by atoms with E-state index in [1.165, 1.54) is 12.1 Å². The van der Waals surface area contributed by atoms with Gasteiger partial charge >= 0.3 is 0 Å². The summed E-state index contributed by atoms with van der Waals surface area (Å²) >= 11 is 0. The van der Waals surface area contributed by atoms with Crippen LogP contribution in [0.4, 0.5) is 5.69 Å². The van der Waals surface area contributed by atoms with Gasteiger partial charge in [-0.25, -0.2) is 8.42 Å². The molecule has 0 saturated heterocycles. The minimum atomic E-state index is -3.77. The van der Waals surface area contributed by atoms with Crippen LogP contribution in [0, 0.1) is 0 Å². The molecule has 3 rings (SSSR count). The second-order valence-corrected chi connectivity index (χ2v) is 9.74. The normalized spacial score (nSPS) is 12.1. The van der Waals surface area contributed by atoms with Crippen molar-refractivity contribution < 1.29 is 22.7 Å². The predicted molar refractivity (Wildman–Crippen MR) is 137 cm³/mol. The van der Waals surface area contributed by atoms with E-state index in [4.69, 9.17) is 9.47 Å². The number of ether oxygens (including phenoxy) is 2. The third-order valence-corrected chi connectivity index (χ3v) is 6.80. The molecule has 0 aromatic heterocycles. The van der Waals surface area contributed by atoms with Crippen molar-refractivity contribution in [3.8, 4) is 11.5 Å². The summed E-state index contributed by atoms with van der Waals surface area (Å²) in [6, 6.07) is 20.2. The van der Waals surface area contributed by atoms with Crippen LogP contribution in [0.15, 0.2) is 77.7 Å². The van der Waals surface area contributed by atoms with Crippen LogP contribution in [0.2, 0.25) is 0 Å². The molecule has 2 N–H and O–H groups in total. The summed E-state index contributed by atoms with van der Waals surface area (Å²) in [4.78, 5) is 14.9. The first-order valence-corrected chi connectivity index (χ1v) is 12.7. The quantitative estimate of drug-likeness (QED) is 0.417. The fourth-order valence-corrected chi connectivity index (χ4v) is 4.58. The van der Waals surface area contributed by atoms with E-state index in [9.17, 15) is 13.2 Å². The number of amides is 1. The van der Waals surface area contributed by atoms with Gasteiger partial charge in [-0.1, -0.05) is 12.1 Å². The van der Waals surface area contributed by atoms with E-state index < -0.39 is 10.0 Å². The van der Waals surface area contributed by atoms with E-state index in [1.54, 1.807) is 43.5 Å². The molecule has 0 bridgehead atoms. The van der Waals surface area contributed by atoms with E-state index in [0.29, 0.717) is 30.2 Å². The molecule has 9 heteroatoms. The molecule has 3 aromatic carbocycles. The van der Waals surface area contributed by atoms with Crippen molar-refractivity contribution in [3.05, 3.63) is 83.9 Å². The maximum absolute atomic E-state index is 12.7. The summed E-state index contributed by atoms with van der Waals surface area (Å²) in [6.45, 7) is 2.75. The molecule has 0 aliphatic carbocycles. The van der Waals surface area contributed by atoms with Crippen molar-refractivity contribution >= 4 is 21.6 Å². The molecule has 3 aromatic rings. The molecule has 0 spiro atoms. The highest BCUT2D eigenvalue weighted by atomic mass is 32.2. The monoisotopic (exact) mass is 497 g/mol. The highest BCUT2D eigenvalue weighted by Crippen LogP contribution is 2.23. The maximum atomic E-state index is 12.7. The number of rotatable bonds is 11. The van der Waals surface area contributed by atoms with Crippen molar-refractivity contribution in [3.63, 3.8) is 0 Å². The smallest absolute Gasteiger partial charge is 0.261 e. The van der Waals surface area contributed by atoms with Crippen LogP contribution in [-0.4, -0.2) is 53.6 Å². The van der Waals surface area contributed by atoms with Crippen molar-refractivity contribution in [2.75, 3.05) is 39.1 Å². The van der Waals surface area contributed by atoms with Gasteiger partial charge in [-0.15, -0.1) is 0 Å².